The highest BCUT2D eigenvalue weighted by molar-refractivity contribution is 5.65. The molecule has 0 radical (unpaired) electrons. The first-order valence-electron chi connectivity index (χ1n) is 4.83. The summed E-state index contributed by atoms with van der Waals surface area (Å²) in [6.07, 6.45) is 5.33. The van der Waals surface area contributed by atoms with Crippen LogP contribution in [0.3, 0.4) is 0 Å². The third-order valence-electron chi connectivity index (χ3n) is 2.28. The maximum absolute atomic E-state index is 5.81. The molecule has 1 atom stereocenters. The summed E-state index contributed by atoms with van der Waals surface area (Å²) in [5.74, 6) is 0.521. The fourth-order valence-corrected chi connectivity index (χ4v) is 1.51. The Bertz CT molecular complexity index is 360. The predicted octanol–water partition coefficient (Wildman–Crippen LogP) is -0.201. The first-order chi connectivity index (χ1) is 7.29. The zero-order chi connectivity index (χ0) is 10.7. The molecule has 0 fully saturated rings. The van der Waals surface area contributed by atoms with E-state index in [-0.39, 0.29) is 6.04 Å². The van der Waals surface area contributed by atoms with Gasteiger partial charge in [-0.25, -0.2) is 9.97 Å². The molecule has 0 amide bonds. The van der Waals surface area contributed by atoms with Crippen LogP contribution in [0.4, 0.5) is 0 Å². The van der Waals surface area contributed by atoms with E-state index < -0.39 is 0 Å². The molecule has 1 aromatic heterocycles. The van der Waals surface area contributed by atoms with Gasteiger partial charge in [0.25, 0.3) is 0 Å². The van der Waals surface area contributed by atoms with Crippen molar-refractivity contribution < 1.29 is 4.74 Å². The van der Waals surface area contributed by atoms with E-state index in [1.165, 1.54) is 0 Å². The SMILES string of the molecule is COc1cnc(C2=CC(N)CNC2)cn1. The number of ether oxygens (including phenoxy) is 1. The summed E-state index contributed by atoms with van der Waals surface area (Å²) in [4.78, 5) is 8.36. The quantitative estimate of drug-likeness (QED) is 0.701. The summed E-state index contributed by atoms with van der Waals surface area (Å²) in [7, 11) is 1.57. The third kappa shape index (κ3) is 2.31. The van der Waals surface area contributed by atoms with Gasteiger partial charge in [-0.1, -0.05) is 6.08 Å². The molecule has 3 N–H and O–H groups in total. The van der Waals surface area contributed by atoms with Crippen LogP contribution in [-0.2, 0) is 0 Å². The Balaban J connectivity index is 2.21. The fraction of sp³-hybridized carbons (Fsp3) is 0.400. The van der Waals surface area contributed by atoms with E-state index in [2.05, 4.69) is 15.3 Å². The van der Waals surface area contributed by atoms with Gasteiger partial charge in [-0.15, -0.1) is 0 Å². The van der Waals surface area contributed by atoms with Crippen molar-refractivity contribution in [2.45, 2.75) is 6.04 Å². The smallest absolute Gasteiger partial charge is 0.232 e. The van der Waals surface area contributed by atoms with E-state index in [1.54, 1.807) is 19.5 Å². The molecule has 5 heteroatoms. The van der Waals surface area contributed by atoms with Crippen LogP contribution in [0.2, 0.25) is 0 Å². The standard InChI is InChI=1S/C10H14N4O/c1-15-10-6-13-9(5-14-10)7-2-8(11)4-12-3-7/h2,5-6,8,12H,3-4,11H2,1H3. The Labute approximate surface area is 88.4 Å². The Morgan fingerprint density at radius 3 is 2.93 bits per heavy atom. The highest BCUT2D eigenvalue weighted by atomic mass is 16.5. The van der Waals surface area contributed by atoms with E-state index in [4.69, 9.17) is 10.5 Å². The van der Waals surface area contributed by atoms with Gasteiger partial charge in [-0.05, 0) is 5.57 Å². The van der Waals surface area contributed by atoms with Crippen LogP contribution >= 0.6 is 0 Å². The molecule has 2 heterocycles. The number of nitrogens with two attached hydrogens (primary N) is 1. The predicted molar refractivity (Wildman–Crippen MR) is 57.4 cm³/mol. The second-order valence-electron chi connectivity index (χ2n) is 3.43. The van der Waals surface area contributed by atoms with Gasteiger partial charge in [0.1, 0.15) is 0 Å². The molecule has 0 saturated heterocycles. The molecule has 0 aliphatic carbocycles. The van der Waals surface area contributed by atoms with E-state index in [9.17, 15) is 0 Å². The zero-order valence-corrected chi connectivity index (χ0v) is 8.60. The normalized spacial score (nSPS) is 20.9. The van der Waals surface area contributed by atoms with Gasteiger partial charge in [-0.2, -0.15) is 0 Å². The van der Waals surface area contributed by atoms with Crippen molar-refractivity contribution in [1.82, 2.24) is 15.3 Å². The lowest BCUT2D eigenvalue weighted by Gasteiger charge is -2.18. The summed E-state index contributed by atoms with van der Waals surface area (Å²) in [6, 6.07) is 0.0534. The summed E-state index contributed by atoms with van der Waals surface area (Å²) in [5, 5.41) is 3.22. The van der Waals surface area contributed by atoms with Crippen LogP contribution in [0.15, 0.2) is 18.5 Å². The largest absolute Gasteiger partial charge is 0.480 e. The first-order valence-corrected chi connectivity index (χ1v) is 4.83. The van der Waals surface area contributed by atoms with Crippen molar-refractivity contribution in [3.05, 3.63) is 24.2 Å². The van der Waals surface area contributed by atoms with Gasteiger partial charge >= 0.3 is 0 Å². The van der Waals surface area contributed by atoms with Crippen molar-refractivity contribution in [1.29, 1.82) is 0 Å². The highest BCUT2D eigenvalue weighted by Gasteiger charge is 2.11. The molecule has 1 aromatic rings. The van der Waals surface area contributed by atoms with Crippen LogP contribution in [0.1, 0.15) is 5.69 Å². The zero-order valence-electron chi connectivity index (χ0n) is 8.60. The molecule has 2 rings (SSSR count). The molecule has 80 valence electrons. The lowest BCUT2D eigenvalue weighted by molar-refractivity contribution is 0.395. The maximum atomic E-state index is 5.81. The molecule has 0 aromatic carbocycles. The highest BCUT2D eigenvalue weighted by Crippen LogP contribution is 2.14. The average molecular weight is 206 g/mol. The minimum Gasteiger partial charge on any atom is -0.480 e. The molecule has 1 aliphatic heterocycles. The molecule has 5 nitrogen and oxygen atoms in total. The second-order valence-corrected chi connectivity index (χ2v) is 3.43. The summed E-state index contributed by atoms with van der Waals surface area (Å²) < 4.78 is 4.94. The van der Waals surface area contributed by atoms with Crippen molar-refractivity contribution >= 4 is 5.57 Å². The van der Waals surface area contributed by atoms with E-state index >= 15 is 0 Å². The monoisotopic (exact) mass is 206 g/mol. The average Bonchev–Trinajstić information content (AvgIpc) is 2.29. The molecule has 0 saturated carbocycles. The Kier molecular flexibility index (Phi) is 2.94. The molecule has 0 spiro atoms. The van der Waals surface area contributed by atoms with Gasteiger partial charge in [-0.3, -0.25) is 0 Å². The van der Waals surface area contributed by atoms with Gasteiger partial charge < -0.3 is 15.8 Å². The number of aromatic nitrogens is 2. The topological polar surface area (TPSA) is 73.1 Å². The third-order valence-corrected chi connectivity index (χ3v) is 2.28. The van der Waals surface area contributed by atoms with Gasteiger partial charge in [0.2, 0.25) is 5.88 Å². The maximum Gasteiger partial charge on any atom is 0.232 e. The van der Waals surface area contributed by atoms with E-state index in [1.807, 2.05) is 6.08 Å². The lowest BCUT2D eigenvalue weighted by Crippen LogP contribution is -2.37. The summed E-state index contributed by atoms with van der Waals surface area (Å²) in [5.41, 5.74) is 7.74. The second kappa shape index (κ2) is 4.37. The van der Waals surface area contributed by atoms with Crippen LogP contribution < -0.4 is 15.8 Å². The fourth-order valence-electron chi connectivity index (χ4n) is 1.51. The number of methoxy groups -OCH3 is 1. The molecule has 0 bridgehead atoms. The minimum atomic E-state index is 0.0534. The summed E-state index contributed by atoms with van der Waals surface area (Å²) in [6.45, 7) is 1.60. The lowest BCUT2D eigenvalue weighted by atomic mass is 10.1. The Morgan fingerprint density at radius 1 is 1.47 bits per heavy atom. The van der Waals surface area contributed by atoms with Gasteiger partial charge in [0.05, 0.1) is 25.2 Å². The van der Waals surface area contributed by atoms with E-state index in [0.717, 1.165) is 24.4 Å². The van der Waals surface area contributed by atoms with Gasteiger partial charge in [0, 0.05) is 19.1 Å². The van der Waals surface area contributed by atoms with E-state index in [0.29, 0.717) is 5.88 Å². The number of nitrogens with one attached hydrogen (secondary N) is 1. The Hall–Kier alpha value is -1.46. The van der Waals surface area contributed by atoms with Gasteiger partial charge in [0.15, 0.2) is 0 Å². The van der Waals surface area contributed by atoms with Crippen molar-refractivity contribution in [2.75, 3.05) is 20.2 Å². The van der Waals surface area contributed by atoms with Crippen molar-refractivity contribution in [3.8, 4) is 5.88 Å². The summed E-state index contributed by atoms with van der Waals surface area (Å²) >= 11 is 0. The van der Waals surface area contributed by atoms with Crippen molar-refractivity contribution in [2.24, 2.45) is 5.73 Å². The van der Waals surface area contributed by atoms with Crippen LogP contribution in [0.25, 0.3) is 5.57 Å². The molecule has 15 heavy (non-hydrogen) atoms. The molecule has 1 unspecified atom stereocenters. The number of hydrogen-bond acceptors (Lipinski definition) is 5. The number of hydrogen-bond donors (Lipinski definition) is 2. The minimum absolute atomic E-state index is 0.0534. The molecule has 1 aliphatic rings. The van der Waals surface area contributed by atoms with Crippen molar-refractivity contribution in [3.63, 3.8) is 0 Å². The number of nitrogens with zero attached hydrogens (tertiary/aromatic N) is 2. The van der Waals surface area contributed by atoms with Crippen LogP contribution in [0.5, 0.6) is 5.88 Å². The molecular weight excluding hydrogens is 192 g/mol. The first kappa shape index (κ1) is 10.1. The van der Waals surface area contributed by atoms with Crippen LogP contribution in [0, 0.1) is 0 Å². The molecular formula is C10H14N4O. The Morgan fingerprint density at radius 2 is 2.33 bits per heavy atom. The van der Waals surface area contributed by atoms with Crippen LogP contribution in [-0.4, -0.2) is 36.2 Å². The number of rotatable bonds is 2.